The number of aromatic nitrogens is 3. The molecule has 8 heteroatoms. The van der Waals surface area contributed by atoms with Gasteiger partial charge in [-0.25, -0.2) is 9.97 Å². The van der Waals surface area contributed by atoms with Gasteiger partial charge in [0.2, 0.25) is 11.9 Å². The highest BCUT2D eigenvalue weighted by Crippen LogP contribution is 2.24. The number of benzene rings is 2. The number of carbonyl (C=O) groups is 2. The maximum atomic E-state index is 12.9. The van der Waals surface area contributed by atoms with Gasteiger partial charge in [0.1, 0.15) is 0 Å². The molecule has 174 valence electrons. The molecule has 4 aromatic rings. The predicted octanol–water partition coefficient (Wildman–Crippen LogP) is 4.65. The van der Waals surface area contributed by atoms with E-state index in [1.54, 1.807) is 36.8 Å². The van der Waals surface area contributed by atoms with Crippen LogP contribution < -0.4 is 16.0 Å². The molecule has 0 fully saturated rings. The Morgan fingerprint density at radius 2 is 1.91 bits per heavy atom. The third kappa shape index (κ3) is 6.14. The van der Waals surface area contributed by atoms with Crippen LogP contribution in [0.25, 0.3) is 11.3 Å². The molecule has 0 aliphatic rings. The van der Waals surface area contributed by atoms with E-state index in [0.29, 0.717) is 23.7 Å². The van der Waals surface area contributed by atoms with E-state index in [1.165, 1.54) is 6.08 Å². The summed E-state index contributed by atoms with van der Waals surface area (Å²) in [7, 11) is 0. The van der Waals surface area contributed by atoms with Crippen molar-refractivity contribution in [1.82, 2.24) is 20.3 Å². The van der Waals surface area contributed by atoms with Gasteiger partial charge in [0.25, 0.3) is 5.91 Å². The number of nitrogens with one attached hydrogen (secondary N) is 3. The van der Waals surface area contributed by atoms with E-state index in [0.717, 1.165) is 28.1 Å². The SMILES string of the molecule is C=CC(=O)NCc1cccc(C(=O)Nc2ccc(C)c(Nc3nccc(-c4cccnc4)n3)c2)c1. The molecule has 0 atom stereocenters. The van der Waals surface area contributed by atoms with Crippen LogP contribution in [0.1, 0.15) is 21.5 Å². The molecule has 35 heavy (non-hydrogen) atoms. The lowest BCUT2D eigenvalue weighted by Crippen LogP contribution is -2.20. The van der Waals surface area contributed by atoms with Gasteiger partial charge in [0.15, 0.2) is 0 Å². The topological polar surface area (TPSA) is 109 Å². The van der Waals surface area contributed by atoms with Crippen LogP contribution in [-0.2, 0) is 11.3 Å². The van der Waals surface area contributed by atoms with Gasteiger partial charge < -0.3 is 16.0 Å². The molecule has 0 radical (unpaired) electrons. The number of carbonyl (C=O) groups excluding carboxylic acids is 2. The standard InChI is InChI=1S/C27H24N6O2/c1-3-25(34)30-16-19-6-4-7-20(14-19)26(35)31-22-10-9-18(2)24(15-22)33-27-29-13-11-23(32-27)21-8-5-12-28-17-21/h3-15,17H,1,16H2,2H3,(H,30,34)(H,31,35)(H,29,32,33). The minimum Gasteiger partial charge on any atom is -0.348 e. The zero-order chi connectivity index (χ0) is 24.6. The van der Waals surface area contributed by atoms with Crippen molar-refractivity contribution < 1.29 is 9.59 Å². The molecule has 2 aromatic carbocycles. The Kier molecular flexibility index (Phi) is 7.22. The van der Waals surface area contributed by atoms with Crippen molar-refractivity contribution >= 4 is 29.1 Å². The van der Waals surface area contributed by atoms with E-state index in [9.17, 15) is 9.59 Å². The molecular weight excluding hydrogens is 440 g/mol. The summed E-state index contributed by atoms with van der Waals surface area (Å²) in [5.74, 6) is -0.0896. The van der Waals surface area contributed by atoms with E-state index < -0.39 is 0 Å². The van der Waals surface area contributed by atoms with Crippen LogP contribution in [0, 0.1) is 6.92 Å². The average Bonchev–Trinajstić information content (AvgIpc) is 2.90. The van der Waals surface area contributed by atoms with Crippen molar-refractivity contribution in [2.24, 2.45) is 0 Å². The summed E-state index contributed by atoms with van der Waals surface area (Å²) in [6, 6.07) is 18.3. The number of rotatable bonds is 8. The normalized spacial score (nSPS) is 10.3. The minimum atomic E-state index is -0.269. The van der Waals surface area contributed by atoms with Crippen LogP contribution in [0.5, 0.6) is 0 Å². The van der Waals surface area contributed by atoms with Gasteiger partial charge in [-0.1, -0.05) is 24.8 Å². The maximum Gasteiger partial charge on any atom is 0.255 e. The quantitative estimate of drug-likeness (QED) is 0.328. The van der Waals surface area contributed by atoms with E-state index >= 15 is 0 Å². The molecule has 0 saturated heterocycles. The molecule has 3 N–H and O–H groups in total. The summed E-state index contributed by atoms with van der Waals surface area (Å²) in [6.45, 7) is 5.70. The van der Waals surface area contributed by atoms with Crippen molar-refractivity contribution in [1.29, 1.82) is 0 Å². The second-order valence-electron chi connectivity index (χ2n) is 7.74. The first kappa shape index (κ1) is 23.3. The zero-order valence-electron chi connectivity index (χ0n) is 19.2. The summed E-state index contributed by atoms with van der Waals surface area (Å²) in [5, 5.41) is 8.86. The molecule has 2 amide bonds. The van der Waals surface area contributed by atoms with E-state index in [-0.39, 0.29) is 11.8 Å². The molecule has 2 heterocycles. The van der Waals surface area contributed by atoms with Crippen LogP contribution >= 0.6 is 0 Å². The van der Waals surface area contributed by atoms with Crippen LogP contribution in [-0.4, -0.2) is 26.8 Å². The third-order valence-corrected chi connectivity index (χ3v) is 5.20. The fourth-order valence-corrected chi connectivity index (χ4v) is 3.34. The number of pyridine rings is 1. The Bertz CT molecular complexity index is 1370. The van der Waals surface area contributed by atoms with Crippen molar-refractivity contribution in [2.75, 3.05) is 10.6 Å². The van der Waals surface area contributed by atoms with Crippen molar-refractivity contribution in [3.8, 4) is 11.3 Å². The van der Waals surface area contributed by atoms with Crippen molar-refractivity contribution in [3.63, 3.8) is 0 Å². The summed E-state index contributed by atoms with van der Waals surface area (Å²) in [5.41, 5.74) is 5.30. The molecule has 0 saturated carbocycles. The first-order valence-electron chi connectivity index (χ1n) is 10.9. The summed E-state index contributed by atoms with van der Waals surface area (Å²) in [6.07, 6.45) is 6.35. The Labute approximate surface area is 203 Å². The summed E-state index contributed by atoms with van der Waals surface area (Å²) >= 11 is 0. The number of anilines is 3. The number of aryl methyl sites for hydroxylation is 1. The molecule has 0 aliphatic carbocycles. The molecule has 0 spiro atoms. The highest BCUT2D eigenvalue weighted by molar-refractivity contribution is 6.04. The molecule has 4 rings (SSSR count). The van der Waals surface area contributed by atoms with E-state index in [1.807, 2.05) is 49.4 Å². The first-order valence-corrected chi connectivity index (χ1v) is 10.9. The van der Waals surface area contributed by atoms with E-state index in [4.69, 9.17) is 0 Å². The molecule has 0 aliphatic heterocycles. The molecule has 0 bridgehead atoms. The number of hydrogen-bond donors (Lipinski definition) is 3. The van der Waals surface area contributed by atoms with Gasteiger partial charge in [0, 0.05) is 47.6 Å². The van der Waals surface area contributed by atoms with Gasteiger partial charge in [-0.3, -0.25) is 14.6 Å². The fraction of sp³-hybridized carbons (Fsp3) is 0.0741. The van der Waals surface area contributed by atoms with Gasteiger partial charge in [-0.2, -0.15) is 0 Å². The van der Waals surface area contributed by atoms with Gasteiger partial charge in [-0.05, 0) is 66.6 Å². The van der Waals surface area contributed by atoms with Crippen LogP contribution in [0.15, 0.2) is 91.9 Å². The van der Waals surface area contributed by atoms with Crippen LogP contribution in [0.2, 0.25) is 0 Å². The molecular formula is C27H24N6O2. The lowest BCUT2D eigenvalue weighted by molar-refractivity contribution is -0.116. The fourth-order valence-electron chi connectivity index (χ4n) is 3.34. The lowest BCUT2D eigenvalue weighted by atomic mass is 10.1. The summed E-state index contributed by atoms with van der Waals surface area (Å²) < 4.78 is 0. The second-order valence-corrected chi connectivity index (χ2v) is 7.74. The Morgan fingerprint density at radius 1 is 1.03 bits per heavy atom. The van der Waals surface area contributed by atoms with Crippen LogP contribution in [0.4, 0.5) is 17.3 Å². The number of amides is 2. The lowest BCUT2D eigenvalue weighted by Gasteiger charge is -2.12. The average molecular weight is 465 g/mol. The van der Waals surface area contributed by atoms with E-state index in [2.05, 4.69) is 37.5 Å². The van der Waals surface area contributed by atoms with Crippen molar-refractivity contribution in [2.45, 2.75) is 13.5 Å². The molecule has 2 aromatic heterocycles. The highest BCUT2D eigenvalue weighted by Gasteiger charge is 2.10. The molecule has 0 unspecified atom stereocenters. The maximum absolute atomic E-state index is 12.9. The first-order chi connectivity index (χ1) is 17.0. The highest BCUT2D eigenvalue weighted by atomic mass is 16.2. The smallest absolute Gasteiger partial charge is 0.255 e. The van der Waals surface area contributed by atoms with Crippen LogP contribution in [0.3, 0.4) is 0 Å². The Balaban J connectivity index is 1.48. The zero-order valence-corrected chi connectivity index (χ0v) is 19.2. The largest absolute Gasteiger partial charge is 0.348 e. The minimum absolute atomic E-state index is 0.258. The number of nitrogens with zero attached hydrogens (tertiary/aromatic N) is 3. The Hall–Kier alpha value is -4.85. The second kappa shape index (κ2) is 10.8. The molecule has 8 nitrogen and oxygen atoms in total. The van der Waals surface area contributed by atoms with Gasteiger partial charge in [0.05, 0.1) is 5.69 Å². The predicted molar refractivity (Wildman–Crippen MR) is 136 cm³/mol. The Morgan fingerprint density at radius 3 is 2.71 bits per heavy atom. The van der Waals surface area contributed by atoms with Crippen molar-refractivity contribution in [3.05, 3.63) is 109 Å². The summed E-state index contributed by atoms with van der Waals surface area (Å²) in [4.78, 5) is 37.3. The number of hydrogen-bond acceptors (Lipinski definition) is 6. The van der Waals surface area contributed by atoms with Gasteiger partial charge in [-0.15, -0.1) is 0 Å². The third-order valence-electron chi connectivity index (χ3n) is 5.20. The monoisotopic (exact) mass is 464 g/mol. The van der Waals surface area contributed by atoms with Gasteiger partial charge >= 0.3 is 0 Å².